The molecular weight excluding hydrogens is 260 g/mol. The van der Waals surface area contributed by atoms with Crippen molar-refractivity contribution in [3.63, 3.8) is 0 Å². The van der Waals surface area contributed by atoms with E-state index < -0.39 is 0 Å². The van der Waals surface area contributed by atoms with E-state index in [1.54, 1.807) is 6.20 Å². The number of ketones is 1. The van der Waals surface area contributed by atoms with Crippen molar-refractivity contribution in [2.24, 2.45) is 0 Å². The van der Waals surface area contributed by atoms with Crippen LogP contribution in [0.3, 0.4) is 0 Å². The molecule has 102 valence electrons. The van der Waals surface area contributed by atoms with Gasteiger partial charge in [-0.25, -0.2) is 0 Å². The Kier molecular flexibility index (Phi) is 2.79. The lowest BCUT2D eigenvalue weighted by molar-refractivity contribution is 0.103. The Hall–Kier alpha value is -2.52. The van der Waals surface area contributed by atoms with Gasteiger partial charge in [-0.1, -0.05) is 18.2 Å². The van der Waals surface area contributed by atoms with Gasteiger partial charge in [0.2, 0.25) is 0 Å². The van der Waals surface area contributed by atoms with E-state index >= 15 is 0 Å². The average molecular weight is 274 g/mol. The van der Waals surface area contributed by atoms with Gasteiger partial charge >= 0.3 is 0 Å². The van der Waals surface area contributed by atoms with Crippen LogP contribution >= 0.6 is 0 Å². The van der Waals surface area contributed by atoms with E-state index in [0.717, 1.165) is 29.6 Å². The Morgan fingerprint density at radius 1 is 0.952 bits per heavy atom. The lowest BCUT2D eigenvalue weighted by atomic mass is 9.98. The monoisotopic (exact) mass is 274 g/mol. The van der Waals surface area contributed by atoms with Gasteiger partial charge in [-0.15, -0.1) is 0 Å². The van der Waals surface area contributed by atoms with Gasteiger partial charge in [-0.05, 0) is 41.5 Å². The van der Waals surface area contributed by atoms with Gasteiger partial charge in [0.05, 0.1) is 5.52 Å². The topological polar surface area (TPSA) is 42.0 Å². The second kappa shape index (κ2) is 4.79. The predicted molar refractivity (Wildman–Crippen MR) is 82.2 cm³/mol. The van der Waals surface area contributed by atoms with Gasteiger partial charge < -0.3 is 5.32 Å². The molecule has 0 bridgehead atoms. The van der Waals surface area contributed by atoms with Crippen molar-refractivity contribution >= 4 is 16.7 Å². The molecule has 2 heterocycles. The highest BCUT2D eigenvalue weighted by Crippen LogP contribution is 2.21. The predicted octanol–water partition coefficient (Wildman–Crippen LogP) is 3.07. The first-order valence-corrected chi connectivity index (χ1v) is 7.03. The molecule has 1 N–H and O–H groups in total. The molecule has 0 unspecified atom stereocenters. The van der Waals surface area contributed by atoms with Gasteiger partial charge in [0.1, 0.15) is 0 Å². The molecule has 3 aromatic rings. The Balaban J connectivity index is 1.75. The molecule has 0 fully saturated rings. The molecule has 3 heteroatoms. The number of rotatable bonds is 2. The van der Waals surface area contributed by atoms with E-state index in [4.69, 9.17) is 0 Å². The number of carbonyl (C=O) groups is 1. The second-order valence-corrected chi connectivity index (χ2v) is 5.33. The van der Waals surface area contributed by atoms with E-state index in [2.05, 4.69) is 10.3 Å². The maximum absolute atomic E-state index is 12.6. The van der Waals surface area contributed by atoms with Crippen LogP contribution in [0.15, 0.2) is 54.7 Å². The van der Waals surface area contributed by atoms with Gasteiger partial charge in [-0.3, -0.25) is 9.78 Å². The SMILES string of the molecule is O=C(c1ccc2c(c1)CNC2)c1ccc2ncccc2c1. The molecule has 0 saturated heterocycles. The summed E-state index contributed by atoms with van der Waals surface area (Å²) in [6, 6.07) is 15.5. The van der Waals surface area contributed by atoms with Gasteiger partial charge in [0.15, 0.2) is 5.78 Å². The maximum Gasteiger partial charge on any atom is 0.193 e. The number of hydrogen-bond donors (Lipinski definition) is 1. The quantitative estimate of drug-likeness (QED) is 0.730. The van der Waals surface area contributed by atoms with E-state index in [1.807, 2.05) is 48.5 Å². The van der Waals surface area contributed by atoms with Crippen LogP contribution in [0.1, 0.15) is 27.0 Å². The van der Waals surface area contributed by atoms with Crippen LogP contribution in [-0.4, -0.2) is 10.8 Å². The minimum absolute atomic E-state index is 0.0652. The van der Waals surface area contributed by atoms with E-state index in [-0.39, 0.29) is 5.78 Å². The molecule has 1 aromatic heterocycles. The zero-order valence-corrected chi connectivity index (χ0v) is 11.5. The third-order valence-electron chi connectivity index (χ3n) is 3.96. The smallest absolute Gasteiger partial charge is 0.193 e. The fraction of sp³-hybridized carbons (Fsp3) is 0.111. The zero-order valence-electron chi connectivity index (χ0n) is 11.5. The lowest BCUT2D eigenvalue weighted by Gasteiger charge is -2.05. The first-order chi connectivity index (χ1) is 10.3. The van der Waals surface area contributed by atoms with Gasteiger partial charge in [-0.2, -0.15) is 0 Å². The van der Waals surface area contributed by atoms with Crippen molar-refractivity contribution in [3.05, 3.63) is 77.0 Å². The molecular formula is C18H14N2O. The number of fused-ring (bicyclic) bond motifs is 2. The third-order valence-corrected chi connectivity index (χ3v) is 3.96. The second-order valence-electron chi connectivity index (χ2n) is 5.33. The molecule has 2 aromatic carbocycles. The Morgan fingerprint density at radius 3 is 2.71 bits per heavy atom. The van der Waals surface area contributed by atoms with Crippen molar-refractivity contribution in [3.8, 4) is 0 Å². The first-order valence-electron chi connectivity index (χ1n) is 7.03. The summed E-state index contributed by atoms with van der Waals surface area (Å²) >= 11 is 0. The van der Waals surface area contributed by atoms with E-state index in [1.165, 1.54) is 11.1 Å². The summed E-state index contributed by atoms with van der Waals surface area (Å²) < 4.78 is 0. The van der Waals surface area contributed by atoms with Crippen LogP contribution in [0, 0.1) is 0 Å². The average Bonchev–Trinajstić information content (AvgIpc) is 3.01. The van der Waals surface area contributed by atoms with Crippen LogP contribution in [-0.2, 0) is 13.1 Å². The summed E-state index contributed by atoms with van der Waals surface area (Å²) in [6.45, 7) is 1.74. The minimum Gasteiger partial charge on any atom is -0.309 e. The highest BCUT2D eigenvalue weighted by molar-refractivity contribution is 6.10. The molecule has 0 spiro atoms. The number of benzene rings is 2. The molecule has 4 rings (SSSR count). The van der Waals surface area contributed by atoms with Crippen LogP contribution in [0.2, 0.25) is 0 Å². The van der Waals surface area contributed by atoms with Crippen LogP contribution in [0.25, 0.3) is 10.9 Å². The normalized spacial score (nSPS) is 13.3. The zero-order chi connectivity index (χ0) is 14.2. The minimum atomic E-state index is 0.0652. The van der Waals surface area contributed by atoms with Crippen molar-refractivity contribution < 1.29 is 4.79 Å². The number of nitrogens with zero attached hydrogens (tertiary/aromatic N) is 1. The fourth-order valence-corrected chi connectivity index (χ4v) is 2.82. The molecule has 0 amide bonds. The third kappa shape index (κ3) is 2.12. The lowest BCUT2D eigenvalue weighted by Crippen LogP contribution is -2.02. The molecule has 3 nitrogen and oxygen atoms in total. The number of nitrogens with one attached hydrogen (secondary N) is 1. The maximum atomic E-state index is 12.6. The fourth-order valence-electron chi connectivity index (χ4n) is 2.82. The molecule has 1 aliphatic heterocycles. The Bertz CT molecular complexity index is 855. The highest BCUT2D eigenvalue weighted by atomic mass is 16.1. The molecule has 1 aliphatic rings. The number of hydrogen-bond acceptors (Lipinski definition) is 3. The van der Waals surface area contributed by atoms with E-state index in [0.29, 0.717) is 5.56 Å². The summed E-state index contributed by atoms with van der Waals surface area (Å²) in [4.78, 5) is 16.9. The highest BCUT2D eigenvalue weighted by Gasteiger charge is 2.15. The van der Waals surface area contributed by atoms with Gasteiger partial charge in [0.25, 0.3) is 0 Å². The molecule has 0 radical (unpaired) electrons. The van der Waals surface area contributed by atoms with Crippen molar-refractivity contribution in [2.45, 2.75) is 13.1 Å². The number of pyridine rings is 1. The molecule has 0 saturated carbocycles. The van der Waals surface area contributed by atoms with Crippen molar-refractivity contribution in [1.29, 1.82) is 0 Å². The molecule has 0 atom stereocenters. The van der Waals surface area contributed by atoms with Crippen molar-refractivity contribution in [2.75, 3.05) is 0 Å². The van der Waals surface area contributed by atoms with Crippen molar-refractivity contribution in [1.82, 2.24) is 10.3 Å². The number of carbonyl (C=O) groups excluding carboxylic acids is 1. The summed E-state index contributed by atoms with van der Waals surface area (Å²) in [5, 5.41) is 4.29. The summed E-state index contributed by atoms with van der Waals surface area (Å²) in [7, 11) is 0. The Morgan fingerprint density at radius 2 is 1.76 bits per heavy atom. The van der Waals surface area contributed by atoms with E-state index in [9.17, 15) is 4.79 Å². The van der Waals surface area contributed by atoms with Crippen LogP contribution < -0.4 is 5.32 Å². The Labute approximate surface area is 122 Å². The standard InChI is InChI=1S/C18H14N2O/c21-18(13-3-4-15-10-19-11-16(15)9-13)14-5-6-17-12(8-14)2-1-7-20-17/h1-9,19H,10-11H2. The first kappa shape index (κ1) is 12.2. The summed E-state index contributed by atoms with van der Waals surface area (Å²) in [5.41, 5.74) is 4.88. The largest absolute Gasteiger partial charge is 0.309 e. The molecule has 0 aliphatic carbocycles. The summed E-state index contributed by atoms with van der Waals surface area (Å²) in [6.07, 6.45) is 1.76. The van der Waals surface area contributed by atoms with Crippen LogP contribution in [0.4, 0.5) is 0 Å². The summed E-state index contributed by atoms with van der Waals surface area (Å²) in [5.74, 6) is 0.0652. The number of aromatic nitrogens is 1. The molecule has 21 heavy (non-hydrogen) atoms. The van der Waals surface area contributed by atoms with Gasteiger partial charge in [0, 0.05) is 35.8 Å². The van der Waals surface area contributed by atoms with Crippen LogP contribution in [0.5, 0.6) is 0 Å².